The van der Waals surface area contributed by atoms with Crippen molar-refractivity contribution in [1.29, 1.82) is 0 Å². The Morgan fingerprint density at radius 2 is 2.09 bits per heavy atom. The van der Waals surface area contributed by atoms with E-state index in [9.17, 15) is 4.79 Å². The molecule has 1 rings (SSSR count). The summed E-state index contributed by atoms with van der Waals surface area (Å²) in [5.41, 5.74) is 0. The second-order valence-corrected chi connectivity index (χ2v) is 3.56. The number of hydrogen-bond donors (Lipinski definition) is 0. The van der Waals surface area contributed by atoms with E-state index in [2.05, 4.69) is 18.8 Å². The van der Waals surface area contributed by atoms with Crippen molar-refractivity contribution in [3.05, 3.63) is 0 Å². The number of carbonyl (C=O) groups is 1. The fourth-order valence-corrected chi connectivity index (χ4v) is 1.60. The molecule has 0 aromatic carbocycles. The van der Waals surface area contributed by atoms with Gasteiger partial charge in [-0.3, -0.25) is 9.46 Å². The Morgan fingerprint density at radius 1 is 1.55 bits per heavy atom. The Hall–Kier alpha value is -0.140. The molecule has 0 aromatic heterocycles. The second kappa shape index (κ2) is 4.03. The maximum absolute atomic E-state index is 11.0. The van der Waals surface area contributed by atoms with Crippen LogP contribution in [0.3, 0.4) is 0 Å². The molecule has 64 valence electrons. The SMILES string of the molecule is COC(=O)C1CCN(P)CC1. The number of esters is 1. The molecule has 1 fully saturated rings. The highest BCUT2D eigenvalue weighted by molar-refractivity contribution is 7.13. The summed E-state index contributed by atoms with van der Waals surface area (Å²) in [5.74, 6) is 0.0832. The first-order valence-corrected chi connectivity index (χ1v) is 4.33. The van der Waals surface area contributed by atoms with Gasteiger partial charge in [0.05, 0.1) is 13.0 Å². The van der Waals surface area contributed by atoms with Crippen LogP contribution in [0.15, 0.2) is 0 Å². The number of ether oxygens (including phenoxy) is 1. The van der Waals surface area contributed by atoms with E-state index in [1.54, 1.807) is 0 Å². The van der Waals surface area contributed by atoms with Gasteiger partial charge in [-0.15, -0.1) is 0 Å². The molecule has 3 nitrogen and oxygen atoms in total. The zero-order valence-electron chi connectivity index (χ0n) is 6.75. The summed E-state index contributed by atoms with van der Waals surface area (Å²) in [7, 11) is 4.10. The minimum atomic E-state index is -0.0527. The van der Waals surface area contributed by atoms with Crippen molar-refractivity contribution in [3.8, 4) is 0 Å². The largest absolute Gasteiger partial charge is 0.469 e. The van der Waals surface area contributed by atoms with Crippen molar-refractivity contribution in [2.24, 2.45) is 5.92 Å². The third-order valence-corrected chi connectivity index (χ3v) is 2.58. The average molecular weight is 175 g/mol. The fraction of sp³-hybridized carbons (Fsp3) is 0.857. The van der Waals surface area contributed by atoms with Gasteiger partial charge in [0.1, 0.15) is 0 Å². The van der Waals surface area contributed by atoms with E-state index in [1.807, 2.05) is 0 Å². The summed E-state index contributed by atoms with van der Waals surface area (Å²) in [5, 5.41) is 0. The molecule has 1 aliphatic rings. The fourth-order valence-electron chi connectivity index (χ4n) is 1.30. The van der Waals surface area contributed by atoms with E-state index in [0.717, 1.165) is 25.9 Å². The third-order valence-electron chi connectivity index (χ3n) is 2.06. The number of nitrogens with zero attached hydrogens (tertiary/aromatic N) is 1. The number of piperidine rings is 1. The van der Waals surface area contributed by atoms with Crippen molar-refractivity contribution in [2.75, 3.05) is 20.2 Å². The molecule has 1 aliphatic heterocycles. The third kappa shape index (κ3) is 2.42. The lowest BCUT2D eigenvalue weighted by Gasteiger charge is -2.26. The highest BCUT2D eigenvalue weighted by Crippen LogP contribution is 2.20. The number of methoxy groups -OCH3 is 1. The Labute approximate surface area is 69.3 Å². The van der Waals surface area contributed by atoms with Gasteiger partial charge < -0.3 is 4.74 Å². The highest BCUT2D eigenvalue weighted by atomic mass is 31.0. The van der Waals surface area contributed by atoms with Crippen LogP contribution in [0, 0.1) is 5.92 Å². The maximum atomic E-state index is 11.0. The molecular weight excluding hydrogens is 161 g/mol. The van der Waals surface area contributed by atoms with E-state index in [1.165, 1.54) is 7.11 Å². The van der Waals surface area contributed by atoms with Crippen molar-refractivity contribution < 1.29 is 9.53 Å². The predicted molar refractivity (Wildman–Crippen MR) is 46.0 cm³/mol. The van der Waals surface area contributed by atoms with Crippen LogP contribution in [0.2, 0.25) is 0 Å². The molecule has 0 saturated carbocycles. The summed E-state index contributed by atoms with van der Waals surface area (Å²) < 4.78 is 6.81. The van der Waals surface area contributed by atoms with Crippen molar-refractivity contribution in [2.45, 2.75) is 12.8 Å². The van der Waals surface area contributed by atoms with Gasteiger partial charge in [-0.25, -0.2) is 0 Å². The molecule has 0 spiro atoms. The molecule has 1 unspecified atom stereocenters. The Bertz CT molecular complexity index is 143. The monoisotopic (exact) mass is 175 g/mol. The van der Waals surface area contributed by atoms with Crippen LogP contribution in [-0.4, -0.2) is 30.8 Å². The lowest BCUT2D eigenvalue weighted by Crippen LogP contribution is -2.30. The van der Waals surface area contributed by atoms with Crippen LogP contribution < -0.4 is 0 Å². The Balaban J connectivity index is 2.33. The minimum Gasteiger partial charge on any atom is -0.469 e. The molecule has 0 aromatic rings. The van der Waals surface area contributed by atoms with Gasteiger partial charge in [0, 0.05) is 13.1 Å². The van der Waals surface area contributed by atoms with Gasteiger partial charge in [0.15, 0.2) is 0 Å². The van der Waals surface area contributed by atoms with Crippen molar-refractivity contribution in [1.82, 2.24) is 4.67 Å². The molecule has 0 amide bonds. The molecule has 1 saturated heterocycles. The number of carbonyl (C=O) groups excluding carboxylic acids is 1. The zero-order chi connectivity index (χ0) is 8.27. The van der Waals surface area contributed by atoms with Gasteiger partial charge in [-0.1, -0.05) is 9.39 Å². The molecule has 1 heterocycles. The normalized spacial score (nSPS) is 21.6. The molecule has 0 bridgehead atoms. The summed E-state index contributed by atoms with van der Waals surface area (Å²) >= 11 is 0. The van der Waals surface area contributed by atoms with Gasteiger partial charge in [-0.2, -0.15) is 0 Å². The lowest BCUT2D eigenvalue weighted by atomic mass is 9.99. The molecule has 0 N–H and O–H groups in total. The number of rotatable bonds is 1. The van der Waals surface area contributed by atoms with Crippen molar-refractivity contribution in [3.63, 3.8) is 0 Å². The Kier molecular flexibility index (Phi) is 3.28. The second-order valence-electron chi connectivity index (χ2n) is 2.83. The first kappa shape index (κ1) is 8.95. The van der Waals surface area contributed by atoms with E-state index >= 15 is 0 Å². The average Bonchev–Trinajstić information content (AvgIpc) is 2.05. The standard InChI is InChI=1S/C7H14NO2P/c1-10-7(9)6-2-4-8(11)5-3-6/h6H,2-5,11H2,1H3. The summed E-state index contributed by atoms with van der Waals surface area (Å²) in [6.45, 7) is 1.95. The van der Waals surface area contributed by atoms with E-state index < -0.39 is 0 Å². The summed E-state index contributed by atoms with van der Waals surface area (Å²) in [6.07, 6.45) is 1.85. The molecule has 11 heavy (non-hydrogen) atoms. The van der Waals surface area contributed by atoms with E-state index in [0.29, 0.717) is 0 Å². The first-order valence-electron chi connectivity index (χ1n) is 3.81. The molecular formula is C7H14NO2P. The van der Waals surface area contributed by atoms with Crippen LogP contribution >= 0.6 is 9.39 Å². The first-order chi connectivity index (χ1) is 5.24. The van der Waals surface area contributed by atoms with Gasteiger partial charge >= 0.3 is 5.97 Å². The van der Waals surface area contributed by atoms with Gasteiger partial charge in [0.25, 0.3) is 0 Å². The Morgan fingerprint density at radius 3 is 2.55 bits per heavy atom. The maximum Gasteiger partial charge on any atom is 0.308 e. The van der Waals surface area contributed by atoms with E-state index in [-0.39, 0.29) is 11.9 Å². The molecule has 4 heteroatoms. The highest BCUT2D eigenvalue weighted by Gasteiger charge is 2.23. The minimum absolute atomic E-state index is 0.0527. The van der Waals surface area contributed by atoms with Crippen LogP contribution in [0.1, 0.15) is 12.8 Å². The molecule has 0 radical (unpaired) electrons. The van der Waals surface area contributed by atoms with Gasteiger partial charge in [0.2, 0.25) is 0 Å². The van der Waals surface area contributed by atoms with Crippen LogP contribution in [0.5, 0.6) is 0 Å². The van der Waals surface area contributed by atoms with Crippen molar-refractivity contribution >= 4 is 15.4 Å². The smallest absolute Gasteiger partial charge is 0.308 e. The van der Waals surface area contributed by atoms with Crippen LogP contribution in [0.25, 0.3) is 0 Å². The lowest BCUT2D eigenvalue weighted by molar-refractivity contribution is -0.146. The topological polar surface area (TPSA) is 29.5 Å². The van der Waals surface area contributed by atoms with Crippen LogP contribution in [-0.2, 0) is 9.53 Å². The summed E-state index contributed by atoms with van der Waals surface area (Å²) in [6, 6.07) is 0. The summed E-state index contributed by atoms with van der Waals surface area (Å²) in [4.78, 5) is 11.0. The van der Waals surface area contributed by atoms with Gasteiger partial charge in [-0.05, 0) is 12.8 Å². The predicted octanol–water partition coefficient (Wildman–Crippen LogP) is 0.661. The van der Waals surface area contributed by atoms with Crippen LogP contribution in [0.4, 0.5) is 0 Å². The van der Waals surface area contributed by atoms with E-state index in [4.69, 9.17) is 0 Å². The number of hydrogen-bond acceptors (Lipinski definition) is 3. The molecule has 0 aliphatic carbocycles. The quantitative estimate of drug-likeness (QED) is 0.433. The molecule has 1 atom stereocenters. The zero-order valence-corrected chi connectivity index (χ0v) is 7.90.